The number of hydrogen-bond acceptors (Lipinski definition) is 2. The molecule has 0 unspecified atom stereocenters. The van der Waals surface area contributed by atoms with Gasteiger partial charge in [-0.25, -0.2) is 4.79 Å². The van der Waals surface area contributed by atoms with Gasteiger partial charge in [0, 0.05) is 19.3 Å². The van der Waals surface area contributed by atoms with Crippen molar-refractivity contribution < 1.29 is 15.0 Å². The van der Waals surface area contributed by atoms with Gasteiger partial charge < -0.3 is 14.8 Å². The first kappa shape index (κ1) is 9.80. The van der Waals surface area contributed by atoms with E-state index >= 15 is 0 Å². The number of carboxylic acid groups (broad SMARTS) is 1. The molecule has 1 aromatic rings. The van der Waals surface area contributed by atoms with E-state index in [2.05, 4.69) is 0 Å². The van der Waals surface area contributed by atoms with E-state index in [1.807, 2.05) is 0 Å². The van der Waals surface area contributed by atoms with Crippen LogP contribution in [0.15, 0.2) is 18.3 Å². The maximum atomic E-state index is 10.6. The van der Waals surface area contributed by atoms with E-state index in [1.165, 1.54) is 0 Å². The van der Waals surface area contributed by atoms with Crippen LogP contribution in [0.2, 0.25) is 0 Å². The first-order chi connectivity index (χ1) is 6.25. The second-order valence-electron chi connectivity index (χ2n) is 2.82. The van der Waals surface area contributed by atoms with Crippen LogP contribution in [0.4, 0.5) is 0 Å². The summed E-state index contributed by atoms with van der Waals surface area (Å²) in [5.41, 5.74) is 0.304. The summed E-state index contributed by atoms with van der Waals surface area (Å²) in [7, 11) is 0. The number of aromatic nitrogens is 1. The summed E-state index contributed by atoms with van der Waals surface area (Å²) in [4.78, 5) is 10.6. The minimum Gasteiger partial charge on any atom is -0.477 e. The fourth-order valence-electron chi connectivity index (χ4n) is 1.20. The molecule has 4 nitrogen and oxygen atoms in total. The Hall–Kier alpha value is -1.29. The number of aromatic carboxylic acids is 1. The van der Waals surface area contributed by atoms with E-state index in [-0.39, 0.29) is 6.61 Å². The summed E-state index contributed by atoms with van der Waals surface area (Å²) >= 11 is 0. The van der Waals surface area contributed by atoms with Crippen LogP contribution >= 0.6 is 0 Å². The standard InChI is InChI=1S/C9H13NO3/c11-7-2-1-5-10-6-3-4-8(10)9(12)13/h3-4,6,11H,1-2,5,7H2,(H,12,13). The highest BCUT2D eigenvalue weighted by atomic mass is 16.4. The molecule has 13 heavy (non-hydrogen) atoms. The fourth-order valence-corrected chi connectivity index (χ4v) is 1.20. The number of aliphatic hydroxyl groups excluding tert-OH is 1. The summed E-state index contributed by atoms with van der Waals surface area (Å²) in [6.45, 7) is 0.804. The molecular weight excluding hydrogens is 170 g/mol. The average Bonchev–Trinajstić information content (AvgIpc) is 2.53. The maximum absolute atomic E-state index is 10.6. The highest BCUT2D eigenvalue weighted by Crippen LogP contribution is 2.04. The molecule has 1 rings (SSSR count). The van der Waals surface area contributed by atoms with Crippen molar-refractivity contribution in [3.63, 3.8) is 0 Å². The van der Waals surface area contributed by atoms with Gasteiger partial charge in [0.15, 0.2) is 0 Å². The van der Waals surface area contributed by atoms with E-state index in [4.69, 9.17) is 10.2 Å². The van der Waals surface area contributed by atoms with Crippen LogP contribution in [-0.4, -0.2) is 27.4 Å². The SMILES string of the molecule is O=C(O)c1cccn1CCCCO. The lowest BCUT2D eigenvalue weighted by Crippen LogP contribution is -2.07. The molecule has 0 radical (unpaired) electrons. The van der Waals surface area contributed by atoms with Gasteiger partial charge in [0.25, 0.3) is 0 Å². The minimum atomic E-state index is -0.908. The lowest BCUT2D eigenvalue weighted by molar-refractivity contribution is 0.0685. The minimum absolute atomic E-state index is 0.156. The molecule has 1 aromatic heterocycles. The van der Waals surface area contributed by atoms with Gasteiger partial charge in [0.2, 0.25) is 0 Å². The van der Waals surface area contributed by atoms with Gasteiger partial charge in [-0.3, -0.25) is 0 Å². The number of aliphatic hydroxyl groups is 1. The molecule has 0 aliphatic heterocycles. The highest BCUT2D eigenvalue weighted by molar-refractivity contribution is 5.85. The zero-order valence-corrected chi connectivity index (χ0v) is 7.31. The van der Waals surface area contributed by atoms with Crippen molar-refractivity contribution in [1.29, 1.82) is 0 Å². The molecule has 0 aliphatic carbocycles. The van der Waals surface area contributed by atoms with Crippen LogP contribution < -0.4 is 0 Å². The Morgan fingerprint density at radius 2 is 2.23 bits per heavy atom. The van der Waals surface area contributed by atoms with Gasteiger partial charge in [-0.15, -0.1) is 0 Å². The maximum Gasteiger partial charge on any atom is 0.352 e. The second-order valence-corrected chi connectivity index (χ2v) is 2.82. The molecule has 0 aliphatic rings. The van der Waals surface area contributed by atoms with Crippen molar-refractivity contribution >= 4 is 5.97 Å². The number of hydrogen-bond donors (Lipinski definition) is 2. The molecule has 0 bridgehead atoms. The van der Waals surface area contributed by atoms with Crippen LogP contribution in [-0.2, 0) is 6.54 Å². The van der Waals surface area contributed by atoms with Crippen molar-refractivity contribution in [1.82, 2.24) is 4.57 Å². The molecule has 2 N–H and O–H groups in total. The van der Waals surface area contributed by atoms with Gasteiger partial charge in [-0.1, -0.05) is 0 Å². The topological polar surface area (TPSA) is 62.5 Å². The number of carboxylic acids is 1. The number of rotatable bonds is 5. The smallest absolute Gasteiger partial charge is 0.352 e. The Morgan fingerprint density at radius 3 is 2.85 bits per heavy atom. The lowest BCUT2D eigenvalue weighted by Gasteiger charge is -2.04. The van der Waals surface area contributed by atoms with Gasteiger partial charge in [0.05, 0.1) is 0 Å². The summed E-state index contributed by atoms with van der Waals surface area (Å²) in [6.07, 6.45) is 3.24. The Balaban J connectivity index is 2.55. The van der Waals surface area contributed by atoms with Crippen molar-refractivity contribution in [3.8, 4) is 0 Å². The predicted octanol–water partition coefficient (Wildman–Crippen LogP) is 0.959. The van der Waals surface area contributed by atoms with Gasteiger partial charge in [-0.2, -0.15) is 0 Å². The van der Waals surface area contributed by atoms with Crippen LogP contribution in [0.3, 0.4) is 0 Å². The van der Waals surface area contributed by atoms with E-state index < -0.39 is 5.97 Å². The quantitative estimate of drug-likeness (QED) is 0.668. The molecule has 4 heteroatoms. The molecule has 0 aromatic carbocycles. The van der Waals surface area contributed by atoms with E-state index in [0.717, 1.165) is 6.42 Å². The third-order valence-corrected chi connectivity index (χ3v) is 1.86. The molecule has 0 atom stereocenters. The summed E-state index contributed by atoms with van der Waals surface area (Å²) in [6, 6.07) is 3.28. The van der Waals surface area contributed by atoms with Crippen LogP contribution in [0, 0.1) is 0 Å². The first-order valence-electron chi connectivity index (χ1n) is 4.25. The Labute approximate surface area is 76.4 Å². The van der Waals surface area contributed by atoms with E-state index in [0.29, 0.717) is 18.7 Å². The van der Waals surface area contributed by atoms with Crippen LogP contribution in [0.5, 0.6) is 0 Å². The Kier molecular flexibility index (Phi) is 3.52. The van der Waals surface area contributed by atoms with Crippen molar-refractivity contribution in [2.45, 2.75) is 19.4 Å². The highest BCUT2D eigenvalue weighted by Gasteiger charge is 2.07. The van der Waals surface area contributed by atoms with Gasteiger partial charge in [-0.05, 0) is 25.0 Å². The zero-order chi connectivity index (χ0) is 9.68. The van der Waals surface area contributed by atoms with Crippen molar-refractivity contribution in [3.05, 3.63) is 24.0 Å². The molecule has 72 valence electrons. The number of unbranched alkanes of at least 4 members (excludes halogenated alkanes) is 1. The Bertz CT molecular complexity index is 280. The molecule has 0 amide bonds. The monoisotopic (exact) mass is 183 g/mol. The number of nitrogens with zero attached hydrogens (tertiary/aromatic N) is 1. The Morgan fingerprint density at radius 1 is 1.46 bits per heavy atom. The van der Waals surface area contributed by atoms with Crippen LogP contribution in [0.25, 0.3) is 0 Å². The number of carbonyl (C=O) groups is 1. The second kappa shape index (κ2) is 4.67. The van der Waals surface area contributed by atoms with E-state index in [9.17, 15) is 4.79 Å². The summed E-state index contributed by atoms with van der Waals surface area (Å²) in [5.74, 6) is -0.908. The fraction of sp³-hybridized carbons (Fsp3) is 0.444. The summed E-state index contributed by atoms with van der Waals surface area (Å²) in [5, 5.41) is 17.3. The lowest BCUT2D eigenvalue weighted by atomic mass is 10.3. The molecule has 0 fully saturated rings. The third-order valence-electron chi connectivity index (χ3n) is 1.86. The zero-order valence-electron chi connectivity index (χ0n) is 7.31. The molecule has 0 spiro atoms. The van der Waals surface area contributed by atoms with E-state index in [1.54, 1.807) is 22.9 Å². The van der Waals surface area contributed by atoms with Crippen molar-refractivity contribution in [2.75, 3.05) is 6.61 Å². The predicted molar refractivity (Wildman–Crippen MR) is 47.7 cm³/mol. The van der Waals surface area contributed by atoms with Gasteiger partial charge in [0.1, 0.15) is 5.69 Å². The molecule has 1 heterocycles. The number of aryl methyl sites for hydroxylation is 1. The largest absolute Gasteiger partial charge is 0.477 e. The summed E-state index contributed by atoms with van der Waals surface area (Å²) < 4.78 is 1.68. The molecule has 0 saturated carbocycles. The molecular formula is C9H13NO3. The molecule has 0 saturated heterocycles. The van der Waals surface area contributed by atoms with Gasteiger partial charge >= 0.3 is 5.97 Å². The normalized spacial score (nSPS) is 10.2. The van der Waals surface area contributed by atoms with Crippen LogP contribution in [0.1, 0.15) is 23.3 Å². The third kappa shape index (κ3) is 2.59. The van der Waals surface area contributed by atoms with Crippen molar-refractivity contribution in [2.24, 2.45) is 0 Å². The average molecular weight is 183 g/mol. The first-order valence-corrected chi connectivity index (χ1v) is 4.25.